The maximum atomic E-state index is 11.0. The molecule has 0 amide bonds. The maximum absolute atomic E-state index is 11.0. The van der Waals surface area contributed by atoms with Gasteiger partial charge in [0.05, 0.1) is 13.2 Å². The molecule has 0 aromatic rings. The van der Waals surface area contributed by atoms with Crippen LogP contribution in [0.2, 0.25) is 0 Å². The van der Waals surface area contributed by atoms with Crippen molar-refractivity contribution >= 4 is 12.0 Å². The quantitative estimate of drug-likeness (QED) is 0.212. The van der Waals surface area contributed by atoms with Gasteiger partial charge in [-0.15, -0.1) is 0 Å². The van der Waals surface area contributed by atoms with Crippen LogP contribution in [0, 0.1) is 0 Å². The number of carbonyl (C=O) groups excluding carboxylic acids is 2. The molecular weight excluding hydrogens is 170 g/mol. The van der Waals surface area contributed by atoms with E-state index in [2.05, 4.69) is 4.99 Å². The van der Waals surface area contributed by atoms with E-state index in [0.29, 0.717) is 25.1 Å². The van der Waals surface area contributed by atoms with Crippen LogP contribution in [0.5, 0.6) is 0 Å². The molecule has 0 aromatic carbocycles. The minimum absolute atomic E-state index is 0.322. The Balaban J connectivity index is 3.86. The molecule has 0 aromatic heterocycles. The Morgan fingerprint density at radius 3 is 2.85 bits per heavy atom. The van der Waals surface area contributed by atoms with Crippen molar-refractivity contribution in [2.75, 3.05) is 13.2 Å². The highest BCUT2D eigenvalue weighted by Crippen LogP contribution is 1.98. The van der Waals surface area contributed by atoms with Gasteiger partial charge in [-0.2, -0.15) is 0 Å². The van der Waals surface area contributed by atoms with Gasteiger partial charge in [-0.1, -0.05) is 6.08 Å². The fourth-order valence-electron chi connectivity index (χ4n) is 0.720. The molecule has 72 valence electrons. The van der Waals surface area contributed by atoms with Crippen LogP contribution < -0.4 is 0 Å². The number of aliphatic imine (C=N–C) groups is 1. The van der Waals surface area contributed by atoms with Crippen LogP contribution in [0.3, 0.4) is 0 Å². The Morgan fingerprint density at radius 2 is 2.31 bits per heavy atom. The van der Waals surface area contributed by atoms with Crippen molar-refractivity contribution in [2.45, 2.75) is 20.3 Å². The van der Waals surface area contributed by atoms with Crippen molar-refractivity contribution in [3.05, 3.63) is 11.6 Å². The first-order chi connectivity index (χ1) is 6.22. The Labute approximate surface area is 77.3 Å². The molecule has 0 heterocycles. The molecule has 0 spiro atoms. The zero-order valence-electron chi connectivity index (χ0n) is 7.87. The third kappa shape index (κ3) is 5.82. The normalized spacial score (nSPS) is 10.5. The first-order valence-corrected chi connectivity index (χ1v) is 4.09. The van der Waals surface area contributed by atoms with Crippen LogP contribution in [0.15, 0.2) is 16.6 Å². The van der Waals surface area contributed by atoms with E-state index in [4.69, 9.17) is 4.74 Å². The van der Waals surface area contributed by atoms with Crippen molar-refractivity contribution in [1.29, 1.82) is 0 Å². The van der Waals surface area contributed by atoms with Gasteiger partial charge in [0.1, 0.15) is 0 Å². The average Bonchev–Trinajstić information content (AvgIpc) is 2.12. The van der Waals surface area contributed by atoms with Gasteiger partial charge in [-0.3, -0.25) is 0 Å². The van der Waals surface area contributed by atoms with Crippen LogP contribution in [0.1, 0.15) is 20.3 Å². The molecule has 13 heavy (non-hydrogen) atoms. The van der Waals surface area contributed by atoms with E-state index < -0.39 is 0 Å². The average molecular weight is 183 g/mol. The van der Waals surface area contributed by atoms with E-state index in [1.165, 1.54) is 6.08 Å². The summed E-state index contributed by atoms with van der Waals surface area (Å²) in [5, 5.41) is 0. The monoisotopic (exact) mass is 183 g/mol. The first-order valence-electron chi connectivity index (χ1n) is 4.09. The zero-order valence-corrected chi connectivity index (χ0v) is 7.87. The minimum Gasteiger partial charge on any atom is -0.463 e. The van der Waals surface area contributed by atoms with Gasteiger partial charge in [0.15, 0.2) is 0 Å². The number of esters is 1. The summed E-state index contributed by atoms with van der Waals surface area (Å²) in [7, 11) is 0. The van der Waals surface area contributed by atoms with E-state index in [1.54, 1.807) is 19.9 Å². The maximum Gasteiger partial charge on any atom is 0.333 e. The molecule has 0 fully saturated rings. The summed E-state index contributed by atoms with van der Waals surface area (Å²) in [5.41, 5.74) is 0.544. The molecule has 0 N–H and O–H groups in total. The number of hydrogen-bond acceptors (Lipinski definition) is 4. The number of carbonyl (C=O) groups is 1. The summed E-state index contributed by atoms with van der Waals surface area (Å²) in [6, 6.07) is 0. The predicted molar refractivity (Wildman–Crippen MR) is 48.0 cm³/mol. The van der Waals surface area contributed by atoms with E-state index in [9.17, 15) is 9.59 Å². The molecule has 0 aliphatic carbocycles. The van der Waals surface area contributed by atoms with Gasteiger partial charge >= 0.3 is 5.97 Å². The SMILES string of the molecule is CCOC(=O)C(C)=CCCN=C=O. The summed E-state index contributed by atoms with van der Waals surface area (Å²) < 4.78 is 4.75. The van der Waals surface area contributed by atoms with E-state index >= 15 is 0 Å². The number of ether oxygens (including phenoxy) is 1. The van der Waals surface area contributed by atoms with Gasteiger partial charge in [0.2, 0.25) is 6.08 Å². The van der Waals surface area contributed by atoms with E-state index in [-0.39, 0.29) is 5.97 Å². The molecule has 0 unspecified atom stereocenters. The third-order valence-electron chi connectivity index (χ3n) is 1.35. The summed E-state index contributed by atoms with van der Waals surface area (Å²) in [5.74, 6) is -0.322. The predicted octanol–water partition coefficient (Wildman–Crippen LogP) is 1.22. The lowest BCUT2D eigenvalue weighted by Gasteiger charge is -1.99. The van der Waals surface area contributed by atoms with Crippen LogP contribution in [-0.4, -0.2) is 25.2 Å². The molecule has 0 rings (SSSR count). The standard InChI is InChI=1S/C9H13NO3/c1-3-13-9(12)8(2)5-4-6-10-7-11/h5H,3-4,6H2,1-2H3. The van der Waals surface area contributed by atoms with Crippen molar-refractivity contribution in [3.8, 4) is 0 Å². The highest BCUT2D eigenvalue weighted by atomic mass is 16.5. The molecule has 0 aliphatic rings. The van der Waals surface area contributed by atoms with Gasteiger partial charge in [0.25, 0.3) is 0 Å². The summed E-state index contributed by atoms with van der Waals surface area (Å²) in [4.78, 5) is 24.0. The smallest absolute Gasteiger partial charge is 0.333 e. The number of hydrogen-bond donors (Lipinski definition) is 0. The fraction of sp³-hybridized carbons (Fsp3) is 0.556. The van der Waals surface area contributed by atoms with Crippen LogP contribution in [-0.2, 0) is 14.3 Å². The molecular formula is C9H13NO3. The van der Waals surface area contributed by atoms with Gasteiger partial charge in [-0.05, 0) is 20.3 Å². The third-order valence-corrected chi connectivity index (χ3v) is 1.35. The lowest BCUT2D eigenvalue weighted by Crippen LogP contribution is -2.05. The first kappa shape index (κ1) is 11.6. The molecule has 4 nitrogen and oxygen atoms in total. The van der Waals surface area contributed by atoms with E-state index in [1.807, 2.05) is 0 Å². The summed E-state index contributed by atoms with van der Waals surface area (Å²) in [6.45, 7) is 4.15. The minimum atomic E-state index is -0.322. The topological polar surface area (TPSA) is 55.7 Å². The van der Waals surface area contributed by atoms with Gasteiger partial charge < -0.3 is 4.74 Å². The van der Waals surface area contributed by atoms with E-state index in [0.717, 1.165) is 0 Å². The second-order valence-corrected chi connectivity index (χ2v) is 2.37. The van der Waals surface area contributed by atoms with Crippen molar-refractivity contribution < 1.29 is 14.3 Å². The largest absolute Gasteiger partial charge is 0.463 e. The van der Waals surface area contributed by atoms with Crippen molar-refractivity contribution in [2.24, 2.45) is 4.99 Å². The molecule has 0 bridgehead atoms. The second kappa shape index (κ2) is 7.25. The van der Waals surface area contributed by atoms with Gasteiger partial charge in [-0.25, -0.2) is 14.6 Å². The molecule has 0 saturated heterocycles. The highest BCUT2D eigenvalue weighted by Gasteiger charge is 2.02. The zero-order chi connectivity index (χ0) is 10.1. The fourth-order valence-corrected chi connectivity index (χ4v) is 0.720. The number of isocyanates is 1. The Morgan fingerprint density at radius 1 is 1.62 bits per heavy atom. The number of nitrogens with zero attached hydrogens (tertiary/aromatic N) is 1. The van der Waals surface area contributed by atoms with Gasteiger partial charge in [0, 0.05) is 5.57 Å². The molecule has 0 atom stereocenters. The molecule has 0 saturated carbocycles. The summed E-state index contributed by atoms with van der Waals surface area (Å²) >= 11 is 0. The molecule has 0 radical (unpaired) electrons. The Bertz CT molecular complexity index is 239. The summed E-state index contributed by atoms with van der Waals surface area (Å²) in [6.07, 6.45) is 3.67. The number of rotatable bonds is 5. The van der Waals surface area contributed by atoms with Crippen LogP contribution in [0.4, 0.5) is 0 Å². The van der Waals surface area contributed by atoms with Crippen molar-refractivity contribution in [1.82, 2.24) is 0 Å². The van der Waals surface area contributed by atoms with Crippen molar-refractivity contribution in [3.63, 3.8) is 0 Å². The highest BCUT2D eigenvalue weighted by molar-refractivity contribution is 5.87. The van der Waals surface area contributed by atoms with Crippen LogP contribution >= 0.6 is 0 Å². The second-order valence-electron chi connectivity index (χ2n) is 2.37. The Hall–Kier alpha value is -1.41. The van der Waals surface area contributed by atoms with Crippen LogP contribution in [0.25, 0.3) is 0 Å². The lowest BCUT2D eigenvalue weighted by molar-refractivity contribution is -0.138. The Kier molecular flexibility index (Phi) is 6.46. The molecule has 4 heteroatoms. The lowest BCUT2D eigenvalue weighted by atomic mass is 10.2. The molecule has 0 aliphatic heterocycles.